The van der Waals surface area contributed by atoms with Gasteiger partial charge in [0.2, 0.25) is 0 Å². The molecular weight excluding hydrogens is 230 g/mol. The lowest BCUT2D eigenvalue weighted by atomic mass is 10.2. The second-order valence-corrected chi connectivity index (χ2v) is 5.29. The molecule has 1 amide bonds. The van der Waals surface area contributed by atoms with Crippen molar-refractivity contribution in [1.82, 2.24) is 20.0 Å². The molecule has 1 unspecified atom stereocenters. The first kappa shape index (κ1) is 11.5. The predicted molar refractivity (Wildman–Crippen MR) is 68.1 cm³/mol. The molecule has 0 aromatic carbocycles. The third-order valence-electron chi connectivity index (χ3n) is 3.69. The van der Waals surface area contributed by atoms with Crippen molar-refractivity contribution >= 4 is 11.6 Å². The van der Waals surface area contributed by atoms with Crippen LogP contribution in [0.25, 0.3) is 0 Å². The number of anilines is 1. The molecule has 1 aromatic heterocycles. The summed E-state index contributed by atoms with van der Waals surface area (Å²) in [5, 5.41) is 7.11. The zero-order valence-corrected chi connectivity index (χ0v) is 10.6. The number of nitrogens with zero attached hydrogens (tertiary/aromatic N) is 3. The summed E-state index contributed by atoms with van der Waals surface area (Å²) in [5.41, 5.74) is 6.52. The van der Waals surface area contributed by atoms with E-state index in [1.807, 2.05) is 0 Å². The van der Waals surface area contributed by atoms with Crippen LogP contribution in [-0.2, 0) is 7.05 Å². The van der Waals surface area contributed by atoms with Crippen molar-refractivity contribution in [3.8, 4) is 0 Å². The Hall–Kier alpha value is -1.56. The highest BCUT2D eigenvalue weighted by Gasteiger charge is 2.35. The molecule has 1 aliphatic heterocycles. The van der Waals surface area contributed by atoms with Crippen LogP contribution < -0.4 is 11.1 Å². The number of hydrogen-bond acceptors (Lipinski definition) is 4. The number of nitrogen functional groups attached to an aromatic ring is 1. The first-order chi connectivity index (χ1) is 8.63. The van der Waals surface area contributed by atoms with Gasteiger partial charge >= 0.3 is 0 Å². The van der Waals surface area contributed by atoms with E-state index in [9.17, 15) is 4.79 Å². The van der Waals surface area contributed by atoms with Gasteiger partial charge in [0, 0.05) is 38.4 Å². The van der Waals surface area contributed by atoms with Crippen molar-refractivity contribution in [3.05, 3.63) is 11.9 Å². The molecule has 2 aliphatic rings. The molecule has 1 saturated carbocycles. The number of likely N-dealkylation sites (tertiary alicyclic amines) is 1. The molecule has 1 aliphatic carbocycles. The topological polar surface area (TPSA) is 76.2 Å². The molecule has 18 heavy (non-hydrogen) atoms. The number of nitrogens with one attached hydrogen (secondary N) is 1. The number of carbonyl (C=O) groups is 1. The zero-order chi connectivity index (χ0) is 12.7. The van der Waals surface area contributed by atoms with Crippen LogP contribution in [0.3, 0.4) is 0 Å². The molecule has 1 atom stereocenters. The highest BCUT2D eigenvalue weighted by molar-refractivity contribution is 5.97. The molecule has 2 heterocycles. The van der Waals surface area contributed by atoms with E-state index >= 15 is 0 Å². The number of amides is 1. The summed E-state index contributed by atoms with van der Waals surface area (Å²) in [6, 6.07) is 1.01. The number of rotatable bonds is 3. The fourth-order valence-corrected chi connectivity index (χ4v) is 2.61. The van der Waals surface area contributed by atoms with E-state index in [4.69, 9.17) is 5.73 Å². The Morgan fingerprint density at radius 1 is 1.50 bits per heavy atom. The fraction of sp³-hybridized carbons (Fsp3) is 0.667. The average Bonchev–Trinajstić information content (AvgIpc) is 2.97. The first-order valence-electron chi connectivity index (χ1n) is 6.47. The number of nitrogens with two attached hydrogens (primary N) is 1. The van der Waals surface area contributed by atoms with E-state index in [1.54, 1.807) is 17.9 Å². The minimum Gasteiger partial charge on any atom is -0.396 e. The van der Waals surface area contributed by atoms with Crippen LogP contribution >= 0.6 is 0 Å². The molecular formula is C12H19N5O. The summed E-state index contributed by atoms with van der Waals surface area (Å²) in [4.78, 5) is 14.5. The summed E-state index contributed by atoms with van der Waals surface area (Å²) in [6.07, 6.45) is 5.30. The molecule has 6 nitrogen and oxygen atoms in total. The Kier molecular flexibility index (Phi) is 2.74. The summed E-state index contributed by atoms with van der Waals surface area (Å²) < 4.78 is 1.56. The Morgan fingerprint density at radius 3 is 2.89 bits per heavy atom. The molecule has 0 spiro atoms. The van der Waals surface area contributed by atoms with E-state index in [0.717, 1.165) is 25.6 Å². The van der Waals surface area contributed by atoms with Gasteiger partial charge in [-0.05, 0) is 19.3 Å². The normalized spacial score (nSPS) is 24.4. The Morgan fingerprint density at radius 2 is 2.28 bits per heavy atom. The van der Waals surface area contributed by atoms with Crippen molar-refractivity contribution in [3.63, 3.8) is 0 Å². The van der Waals surface area contributed by atoms with Gasteiger partial charge in [-0.15, -0.1) is 0 Å². The highest BCUT2D eigenvalue weighted by Crippen LogP contribution is 2.29. The summed E-state index contributed by atoms with van der Waals surface area (Å²) >= 11 is 0. The third kappa shape index (κ3) is 2.20. The van der Waals surface area contributed by atoms with E-state index in [2.05, 4.69) is 15.3 Å². The SMILES string of the molecule is Cn1cc(N)c(C(=O)NC2CCN(C3CC3)C2)n1. The van der Waals surface area contributed by atoms with Gasteiger partial charge in [-0.3, -0.25) is 14.4 Å². The van der Waals surface area contributed by atoms with Gasteiger partial charge < -0.3 is 11.1 Å². The molecule has 2 fully saturated rings. The van der Waals surface area contributed by atoms with E-state index in [0.29, 0.717) is 11.4 Å². The van der Waals surface area contributed by atoms with Crippen LogP contribution in [0.2, 0.25) is 0 Å². The quantitative estimate of drug-likeness (QED) is 0.788. The molecule has 98 valence electrons. The predicted octanol–water partition coefficient (Wildman–Crippen LogP) is -0.0312. The maximum absolute atomic E-state index is 12.0. The minimum atomic E-state index is -0.157. The van der Waals surface area contributed by atoms with Crippen molar-refractivity contribution in [2.75, 3.05) is 18.8 Å². The number of hydrogen-bond donors (Lipinski definition) is 2. The maximum Gasteiger partial charge on any atom is 0.274 e. The smallest absolute Gasteiger partial charge is 0.274 e. The van der Waals surface area contributed by atoms with Gasteiger partial charge in [-0.1, -0.05) is 0 Å². The molecule has 6 heteroatoms. The molecule has 3 rings (SSSR count). The minimum absolute atomic E-state index is 0.157. The molecule has 3 N–H and O–H groups in total. The molecule has 0 radical (unpaired) electrons. The summed E-state index contributed by atoms with van der Waals surface area (Å²) in [5.74, 6) is -0.157. The monoisotopic (exact) mass is 249 g/mol. The lowest BCUT2D eigenvalue weighted by Gasteiger charge is -2.15. The van der Waals surface area contributed by atoms with E-state index in [1.165, 1.54) is 12.8 Å². The van der Waals surface area contributed by atoms with Crippen molar-refractivity contribution in [1.29, 1.82) is 0 Å². The number of aryl methyl sites for hydroxylation is 1. The zero-order valence-electron chi connectivity index (χ0n) is 10.6. The summed E-state index contributed by atoms with van der Waals surface area (Å²) in [6.45, 7) is 2.05. The number of aromatic nitrogens is 2. The Bertz CT molecular complexity index is 465. The van der Waals surface area contributed by atoms with E-state index < -0.39 is 0 Å². The lowest BCUT2D eigenvalue weighted by molar-refractivity contribution is 0.0932. The van der Waals surface area contributed by atoms with Gasteiger partial charge in [-0.25, -0.2) is 0 Å². The van der Waals surface area contributed by atoms with Crippen molar-refractivity contribution in [2.45, 2.75) is 31.3 Å². The van der Waals surface area contributed by atoms with Gasteiger partial charge in [0.15, 0.2) is 5.69 Å². The van der Waals surface area contributed by atoms with Crippen LogP contribution in [0.1, 0.15) is 29.8 Å². The maximum atomic E-state index is 12.0. The standard InChI is InChI=1S/C12H19N5O/c1-16-7-10(13)11(15-16)12(18)14-8-4-5-17(6-8)9-2-3-9/h7-9H,2-6,13H2,1H3,(H,14,18). The van der Waals surface area contributed by atoms with Crippen LogP contribution in [0.15, 0.2) is 6.20 Å². The van der Waals surface area contributed by atoms with Crippen LogP contribution in [0.4, 0.5) is 5.69 Å². The lowest BCUT2D eigenvalue weighted by Crippen LogP contribution is -2.38. The highest BCUT2D eigenvalue weighted by atomic mass is 16.2. The third-order valence-corrected chi connectivity index (χ3v) is 3.69. The summed E-state index contributed by atoms with van der Waals surface area (Å²) in [7, 11) is 1.76. The van der Waals surface area contributed by atoms with Crippen LogP contribution in [0, 0.1) is 0 Å². The molecule has 0 bridgehead atoms. The molecule has 1 aromatic rings. The van der Waals surface area contributed by atoms with Gasteiger partial charge in [0.05, 0.1) is 5.69 Å². The van der Waals surface area contributed by atoms with Crippen LogP contribution in [0.5, 0.6) is 0 Å². The first-order valence-corrected chi connectivity index (χ1v) is 6.47. The van der Waals surface area contributed by atoms with Crippen LogP contribution in [-0.4, -0.2) is 45.8 Å². The second kappa shape index (κ2) is 4.28. The second-order valence-electron chi connectivity index (χ2n) is 5.29. The van der Waals surface area contributed by atoms with Crippen molar-refractivity contribution < 1.29 is 4.79 Å². The molecule has 1 saturated heterocycles. The van der Waals surface area contributed by atoms with Gasteiger partial charge in [0.25, 0.3) is 5.91 Å². The van der Waals surface area contributed by atoms with Gasteiger partial charge in [-0.2, -0.15) is 5.10 Å². The Balaban J connectivity index is 1.59. The Labute approximate surface area is 106 Å². The van der Waals surface area contributed by atoms with E-state index in [-0.39, 0.29) is 11.9 Å². The average molecular weight is 249 g/mol. The van der Waals surface area contributed by atoms with Gasteiger partial charge in [0.1, 0.15) is 0 Å². The number of carbonyl (C=O) groups excluding carboxylic acids is 1. The largest absolute Gasteiger partial charge is 0.396 e. The van der Waals surface area contributed by atoms with Crippen molar-refractivity contribution in [2.24, 2.45) is 7.05 Å². The fourth-order valence-electron chi connectivity index (χ4n) is 2.61.